The molecule has 6 heteroatoms. The van der Waals surface area contributed by atoms with E-state index in [1.165, 1.54) is 29.5 Å². The minimum absolute atomic E-state index is 0.196. The second kappa shape index (κ2) is 12.5. The van der Waals surface area contributed by atoms with E-state index in [0.29, 0.717) is 0 Å². The Labute approximate surface area is 221 Å². The van der Waals surface area contributed by atoms with Crippen LogP contribution in [0.1, 0.15) is 37.7 Å². The number of hydrogen-bond donors (Lipinski definition) is 0. The van der Waals surface area contributed by atoms with Crippen molar-refractivity contribution in [3.8, 4) is 11.3 Å². The van der Waals surface area contributed by atoms with Crippen LogP contribution in [0.5, 0.6) is 0 Å². The van der Waals surface area contributed by atoms with E-state index in [2.05, 4.69) is 116 Å². The van der Waals surface area contributed by atoms with Crippen molar-refractivity contribution in [1.82, 2.24) is 4.98 Å². The summed E-state index contributed by atoms with van der Waals surface area (Å²) in [4.78, 5) is 12.6. The number of anilines is 1. The zero-order chi connectivity index (χ0) is 24.6. The van der Waals surface area contributed by atoms with E-state index in [4.69, 9.17) is 9.98 Å². The van der Waals surface area contributed by atoms with E-state index >= 15 is 0 Å². The van der Waals surface area contributed by atoms with Crippen molar-refractivity contribution >= 4 is 50.7 Å². The van der Waals surface area contributed by atoms with Gasteiger partial charge in [0.2, 0.25) is 0 Å². The number of amidine groups is 1. The molecule has 0 radical (unpaired) electrons. The summed E-state index contributed by atoms with van der Waals surface area (Å²) < 4.78 is 7.50. The second-order valence-electron chi connectivity index (χ2n) is 8.02. The standard InChI is InChI=1S/C29H33N4Se2/c1-5-32(6-2)28-30-26(22-16-11-9-12-17-22)24(34-28)20-15-21-25-27(23-18-13-10-14-19-23)31-29(35-25)33(7-3)8-4/h9-21H,5-8H2,1-4H3/q+1. The van der Waals surface area contributed by atoms with Crippen LogP contribution in [0.2, 0.25) is 0 Å². The summed E-state index contributed by atoms with van der Waals surface area (Å²) >= 11 is 0.393. The fourth-order valence-electron chi connectivity index (χ4n) is 3.95. The molecule has 0 aliphatic carbocycles. The predicted molar refractivity (Wildman–Crippen MR) is 152 cm³/mol. The molecule has 0 unspecified atom stereocenters. The van der Waals surface area contributed by atoms with Crippen molar-refractivity contribution in [1.29, 1.82) is 0 Å². The molecule has 0 fully saturated rings. The van der Waals surface area contributed by atoms with E-state index in [1.54, 1.807) is 0 Å². The monoisotopic (exact) mass is 597 g/mol. The molecule has 0 bridgehead atoms. The van der Waals surface area contributed by atoms with Gasteiger partial charge in [-0.2, -0.15) is 0 Å². The van der Waals surface area contributed by atoms with E-state index in [1.807, 2.05) is 0 Å². The molecule has 0 spiro atoms. The van der Waals surface area contributed by atoms with Gasteiger partial charge in [-0.25, -0.2) is 0 Å². The van der Waals surface area contributed by atoms with Gasteiger partial charge in [-0.05, 0) is 0 Å². The first-order valence-electron chi connectivity index (χ1n) is 12.3. The third kappa shape index (κ3) is 6.02. The molecular formula is C29H33N4Se2+. The number of aromatic nitrogens is 1. The zero-order valence-electron chi connectivity index (χ0n) is 20.9. The van der Waals surface area contributed by atoms with Crippen molar-refractivity contribution in [3.05, 3.63) is 87.3 Å². The number of hydrogen-bond acceptors (Lipinski definition) is 2. The van der Waals surface area contributed by atoms with Gasteiger partial charge in [0.25, 0.3) is 0 Å². The van der Waals surface area contributed by atoms with Gasteiger partial charge < -0.3 is 0 Å². The summed E-state index contributed by atoms with van der Waals surface area (Å²) in [7, 11) is 0. The molecule has 1 aromatic heterocycles. The fourth-order valence-corrected chi connectivity index (χ4v) is 8.69. The predicted octanol–water partition coefficient (Wildman–Crippen LogP) is 5.16. The number of aliphatic imine (C=N–C) groups is 1. The normalized spacial score (nSPS) is 14.7. The van der Waals surface area contributed by atoms with Gasteiger partial charge >= 0.3 is 223 Å². The molecule has 0 saturated heterocycles. The van der Waals surface area contributed by atoms with Crippen LogP contribution in [0, 0.1) is 0 Å². The molecule has 180 valence electrons. The van der Waals surface area contributed by atoms with Crippen LogP contribution in [0.15, 0.2) is 82.3 Å². The van der Waals surface area contributed by atoms with Crippen molar-refractivity contribution < 1.29 is 4.58 Å². The maximum absolute atomic E-state index is 5.10. The zero-order valence-corrected chi connectivity index (χ0v) is 24.4. The van der Waals surface area contributed by atoms with Gasteiger partial charge in [0.1, 0.15) is 0 Å². The molecule has 2 heterocycles. The van der Waals surface area contributed by atoms with Crippen molar-refractivity contribution in [3.63, 3.8) is 0 Å². The van der Waals surface area contributed by atoms with Gasteiger partial charge in [-0.3, -0.25) is 0 Å². The summed E-state index contributed by atoms with van der Waals surface area (Å²) in [6, 6.07) is 21.2. The van der Waals surface area contributed by atoms with Crippen molar-refractivity contribution in [2.45, 2.75) is 27.7 Å². The third-order valence-electron chi connectivity index (χ3n) is 5.94. The van der Waals surface area contributed by atoms with Crippen LogP contribution in [-0.4, -0.2) is 75.6 Å². The Hall–Kier alpha value is -2.49. The molecule has 35 heavy (non-hydrogen) atoms. The molecule has 0 amide bonds. The Morgan fingerprint density at radius 2 is 1.49 bits per heavy atom. The van der Waals surface area contributed by atoms with Crippen LogP contribution >= 0.6 is 0 Å². The molecule has 0 saturated carbocycles. The first-order chi connectivity index (χ1) is 17.2. The molecule has 0 atom stereocenters. The average molecular weight is 596 g/mol. The molecular weight excluding hydrogens is 562 g/mol. The van der Waals surface area contributed by atoms with Gasteiger partial charge in [-0.1, -0.05) is 0 Å². The van der Waals surface area contributed by atoms with E-state index in [-0.39, 0.29) is 29.5 Å². The van der Waals surface area contributed by atoms with Gasteiger partial charge in [-0.15, -0.1) is 0 Å². The molecule has 2 aromatic carbocycles. The Bertz CT molecular complexity index is 1240. The Kier molecular flexibility index (Phi) is 9.12. The quantitative estimate of drug-likeness (QED) is 0.253. The van der Waals surface area contributed by atoms with Crippen molar-refractivity contribution in [2.75, 3.05) is 31.1 Å². The van der Waals surface area contributed by atoms with E-state index < -0.39 is 0 Å². The van der Waals surface area contributed by atoms with Crippen LogP contribution in [0.3, 0.4) is 0 Å². The summed E-state index contributed by atoms with van der Waals surface area (Å²) in [6.45, 7) is 12.8. The third-order valence-corrected chi connectivity index (χ3v) is 10.5. The van der Waals surface area contributed by atoms with Crippen LogP contribution in [0.25, 0.3) is 17.3 Å². The van der Waals surface area contributed by atoms with Crippen LogP contribution in [0.4, 0.5) is 4.69 Å². The topological polar surface area (TPSA) is 31.5 Å². The first-order valence-corrected chi connectivity index (χ1v) is 15.7. The first kappa shape index (κ1) is 25.6. The van der Waals surface area contributed by atoms with Gasteiger partial charge in [0.15, 0.2) is 0 Å². The van der Waals surface area contributed by atoms with Crippen LogP contribution in [-0.2, 0) is 0 Å². The summed E-state index contributed by atoms with van der Waals surface area (Å²) in [5.74, 6) is 0. The Balaban J connectivity index is 1.71. The Morgan fingerprint density at radius 1 is 0.857 bits per heavy atom. The summed E-state index contributed by atoms with van der Waals surface area (Å²) in [5.41, 5.74) is 4.62. The maximum atomic E-state index is 5.10. The molecule has 0 N–H and O–H groups in total. The SMILES string of the molecule is CCN(CC)c1nc(-c2ccccc2)c(/C=C/C=C2/[Se]C(=[N+](CC)CC)N=C2c2ccccc2)[se]1. The van der Waals surface area contributed by atoms with E-state index in [0.717, 1.165) is 37.6 Å². The second-order valence-corrected chi connectivity index (χ2v) is 12.3. The van der Waals surface area contributed by atoms with Crippen molar-refractivity contribution in [2.24, 2.45) is 4.99 Å². The molecule has 1 aliphatic rings. The average Bonchev–Trinajstić information content (AvgIpc) is 3.52. The van der Waals surface area contributed by atoms with E-state index in [9.17, 15) is 0 Å². The number of benzene rings is 2. The number of rotatable bonds is 9. The molecule has 4 rings (SSSR count). The van der Waals surface area contributed by atoms with Gasteiger partial charge in [0, 0.05) is 0 Å². The fraction of sp³-hybridized carbons (Fsp3) is 0.276. The summed E-state index contributed by atoms with van der Waals surface area (Å²) in [6.07, 6.45) is 6.79. The van der Waals surface area contributed by atoms with Gasteiger partial charge in [0.05, 0.1) is 0 Å². The molecule has 3 aromatic rings. The molecule has 1 aliphatic heterocycles. The summed E-state index contributed by atoms with van der Waals surface area (Å²) in [5, 5.41) is 0. The molecule has 4 nitrogen and oxygen atoms in total. The van der Waals surface area contributed by atoms with Crippen LogP contribution < -0.4 is 4.90 Å². The number of nitrogens with zero attached hydrogens (tertiary/aromatic N) is 4. The number of allylic oxidation sites excluding steroid dienone is 3. The Morgan fingerprint density at radius 3 is 2.09 bits per heavy atom. The minimum atomic E-state index is 0.196.